The van der Waals surface area contributed by atoms with Crippen molar-refractivity contribution in [2.24, 2.45) is 0 Å². The van der Waals surface area contributed by atoms with Crippen LogP contribution in [-0.4, -0.2) is 21.4 Å². The zero-order chi connectivity index (χ0) is 23.6. The van der Waals surface area contributed by atoms with Crippen molar-refractivity contribution in [2.75, 3.05) is 6.54 Å². The molecule has 3 heteroatoms. The van der Waals surface area contributed by atoms with Crippen LogP contribution in [0.3, 0.4) is 0 Å². The Morgan fingerprint density at radius 1 is 0.970 bits per heavy atom. The van der Waals surface area contributed by atoms with E-state index in [9.17, 15) is 0 Å². The topological polar surface area (TPSA) is 31.9 Å². The van der Waals surface area contributed by atoms with E-state index in [4.69, 9.17) is 0 Å². The average Bonchev–Trinajstić information content (AvgIpc) is 3.38. The summed E-state index contributed by atoms with van der Waals surface area (Å²) in [5.41, 5.74) is 7.70. The van der Waals surface area contributed by atoms with Crippen LogP contribution in [-0.2, 0) is 19.4 Å². The number of hydrogen-bond donors (Lipinski definition) is 1. The number of H-pyrrole nitrogens is 1. The number of nitrogens with one attached hydrogen (secondary N) is 1. The summed E-state index contributed by atoms with van der Waals surface area (Å²) in [6.45, 7) is 15.2. The maximum Gasteiger partial charge on any atom is 0.0921 e. The van der Waals surface area contributed by atoms with E-state index in [-0.39, 0.29) is 0 Å². The number of aromatic nitrogens is 2. The molecule has 4 rings (SSSR count). The molecular weight excluding hydrogens is 402 g/mol. The van der Waals surface area contributed by atoms with Crippen LogP contribution >= 0.6 is 0 Å². The summed E-state index contributed by atoms with van der Waals surface area (Å²) in [6.07, 6.45) is 6.76. The highest BCUT2D eigenvalue weighted by Gasteiger charge is 2.13. The third-order valence-corrected chi connectivity index (χ3v) is 6.09. The molecule has 0 aliphatic carbocycles. The van der Waals surface area contributed by atoms with Gasteiger partial charge in [0.1, 0.15) is 0 Å². The van der Waals surface area contributed by atoms with Gasteiger partial charge in [0.25, 0.3) is 0 Å². The standard InChI is InChI=1S/C25H29N.C5H8N2/c1-5-16-26(18-23-15-14-21(6-2)17-19(23)3)20(4)24-13-9-11-22-10-7-8-12-25(22)24;1-2-5-3-6-4-7-5/h7-15,17H,4-6,16,18H2,1-3H3;3-4H,2H2,1H3,(H,6,7). The third-order valence-electron chi connectivity index (χ3n) is 6.09. The minimum Gasteiger partial charge on any atom is -0.367 e. The number of hydrogen-bond acceptors (Lipinski definition) is 2. The molecule has 0 fully saturated rings. The Morgan fingerprint density at radius 3 is 2.39 bits per heavy atom. The number of imidazole rings is 1. The quantitative estimate of drug-likeness (QED) is 0.307. The second kappa shape index (κ2) is 12.1. The predicted octanol–water partition coefficient (Wildman–Crippen LogP) is 7.57. The van der Waals surface area contributed by atoms with E-state index in [0.717, 1.165) is 38.0 Å². The molecule has 0 aliphatic rings. The minimum atomic E-state index is 0.908. The molecule has 0 amide bonds. The first kappa shape index (κ1) is 24.3. The first-order chi connectivity index (χ1) is 16.1. The molecule has 0 aliphatic heterocycles. The molecule has 4 aromatic rings. The zero-order valence-corrected chi connectivity index (χ0v) is 20.6. The number of rotatable bonds is 8. The van der Waals surface area contributed by atoms with Gasteiger partial charge in [-0.05, 0) is 53.6 Å². The lowest BCUT2D eigenvalue weighted by Gasteiger charge is -2.28. The number of aromatic amines is 1. The Bertz CT molecular complexity index is 1150. The maximum absolute atomic E-state index is 4.48. The summed E-state index contributed by atoms with van der Waals surface area (Å²) < 4.78 is 0. The average molecular weight is 440 g/mol. The second-order valence-corrected chi connectivity index (χ2v) is 8.44. The van der Waals surface area contributed by atoms with E-state index in [1.54, 1.807) is 6.33 Å². The maximum atomic E-state index is 4.48. The molecule has 33 heavy (non-hydrogen) atoms. The van der Waals surface area contributed by atoms with E-state index < -0.39 is 0 Å². The summed E-state index contributed by atoms with van der Waals surface area (Å²) in [7, 11) is 0. The van der Waals surface area contributed by atoms with Crippen molar-refractivity contribution in [3.63, 3.8) is 0 Å². The first-order valence-corrected chi connectivity index (χ1v) is 12.0. The van der Waals surface area contributed by atoms with Crippen molar-refractivity contribution in [2.45, 2.75) is 53.5 Å². The fourth-order valence-corrected chi connectivity index (χ4v) is 4.07. The first-order valence-electron chi connectivity index (χ1n) is 12.0. The second-order valence-electron chi connectivity index (χ2n) is 8.44. The monoisotopic (exact) mass is 439 g/mol. The lowest BCUT2D eigenvalue weighted by molar-refractivity contribution is 0.390. The van der Waals surface area contributed by atoms with Crippen LogP contribution in [0.15, 0.2) is 79.8 Å². The molecule has 0 saturated carbocycles. The highest BCUT2D eigenvalue weighted by atomic mass is 15.1. The summed E-state index contributed by atoms with van der Waals surface area (Å²) in [5, 5.41) is 2.55. The Labute approximate surface area is 199 Å². The molecule has 0 spiro atoms. The van der Waals surface area contributed by atoms with Crippen LogP contribution in [0.1, 0.15) is 55.1 Å². The Hall–Kier alpha value is -3.33. The van der Waals surface area contributed by atoms with Gasteiger partial charge in [-0.15, -0.1) is 0 Å². The smallest absolute Gasteiger partial charge is 0.0921 e. The molecule has 1 aromatic heterocycles. The lowest BCUT2D eigenvalue weighted by atomic mass is 10.00. The van der Waals surface area contributed by atoms with E-state index in [1.807, 2.05) is 6.20 Å². The molecule has 172 valence electrons. The minimum absolute atomic E-state index is 0.908. The van der Waals surface area contributed by atoms with Gasteiger partial charge in [0.15, 0.2) is 0 Å². The Morgan fingerprint density at radius 2 is 1.76 bits per heavy atom. The molecule has 0 atom stereocenters. The molecule has 0 bridgehead atoms. The van der Waals surface area contributed by atoms with Crippen molar-refractivity contribution in [3.05, 3.63) is 108 Å². The molecular formula is C30H37N3. The molecule has 3 nitrogen and oxygen atoms in total. The van der Waals surface area contributed by atoms with Gasteiger partial charge in [-0.2, -0.15) is 0 Å². The molecule has 3 aromatic carbocycles. The van der Waals surface area contributed by atoms with Gasteiger partial charge in [-0.3, -0.25) is 0 Å². The summed E-state index contributed by atoms with van der Waals surface area (Å²) in [4.78, 5) is 9.24. The van der Waals surface area contributed by atoms with Crippen LogP contribution in [0.5, 0.6) is 0 Å². The molecule has 0 unspecified atom stereocenters. The normalized spacial score (nSPS) is 10.5. The summed E-state index contributed by atoms with van der Waals surface area (Å²) in [6, 6.07) is 21.9. The number of fused-ring (bicyclic) bond motifs is 1. The van der Waals surface area contributed by atoms with Crippen LogP contribution in [0.2, 0.25) is 0 Å². The van der Waals surface area contributed by atoms with Crippen molar-refractivity contribution >= 4 is 16.5 Å². The molecule has 0 saturated heterocycles. The Balaban J connectivity index is 0.000000374. The molecule has 1 heterocycles. The van der Waals surface area contributed by atoms with Crippen LogP contribution in [0.4, 0.5) is 0 Å². The SMILES string of the molecule is C=C(c1cccc2ccccc12)N(CCC)Cc1ccc(CC)cc1C.CCc1cnc[nH]1. The van der Waals surface area contributed by atoms with Crippen LogP contribution in [0, 0.1) is 6.92 Å². The fraction of sp³-hybridized carbons (Fsp3) is 0.300. The lowest BCUT2D eigenvalue weighted by Crippen LogP contribution is -2.22. The van der Waals surface area contributed by atoms with Gasteiger partial charge >= 0.3 is 0 Å². The van der Waals surface area contributed by atoms with Gasteiger partial charge in [0.05, 0.1) is 6.33 Å². The van der Waals surface area contributed by atoms with Crippen LogP contribution in [0.25, 0.3) is 16.5 Å². The third kappa shape index (κ3) is 6.35. The van der Waals surface area contributed by atoms with E-state index in [1.165, 1.54) is 38.7 Å². The van der Waals surface area contributed by atoms with Gasteiger partial charge < -0.3 is 9.88 Å². The highest BCUT2D eigenvalue weighted by Crippen LogP contribution is 2.28. The number of nitrogens with zero attached hydrogens (tertiary/aromatic N) is 2. The van der Waals surface area contributed by atoms with E-state index >= 15 is 0 Å². The molecule has 1 N–H and O–H groups in total. The number of aryl methyl sites for hydroxylation is 3. The van der Waals surface area contributed by atoms with Crippen molar-refractivity contribution in [1.82, 2.24) is 14.9 Å². The van der Waals surface area contributed by atoms with Crippen molar-refractivity contribution in [1.29, 1.82) is 0 Å². The number of benzene rings is 3. The largest absolute Gasteiger partial charge is 0.367 e. The van der Waals surface area contributed by atoms with E-state index in [2.05, 4.69) is 110 Å². The Kier molecular flexibility index (Phi) is 8.88. The van der Waals surface area contributed by atoms with E-state index in [0.29, 0.717) is 0 Å². The fourth-order valence-electron chi connectivity index (χ4n) is 4.07. The highest BCUT2D eigenvalue weighted by molar-refractivity contribution is 5.93. The summed E-state index contributed by atoms with van der Waals surface area (Å²) in [5.74, 6) is 0. The van der Waals surface area contributed by atoms with Gasteiger partial charge in [0, 0.05) is 36.2 Å². The van der Waals surface area contributed by atoms with Crippen molar-refractivity contribution < 1.29 is 0 Å². The predicted molar refractivity (Wildman–Crippen MR) is 142 cm³/mol. The van der Waals surface area contributed by atoms with Gasteiger partial charge in [0.2, 0.25) is 0 Å². The van der Waals surface area contributed by atoms with Gasteiger partial charge in [-0.25, -0.2) is 4.98 Å². The van der Waals surface area contributed by atoms with Crippen LogP contribution < -0.4 is 0 Å². The van der Waals surface area contributed by atoms with Gasteiger partial charge in [-0.1, -0.05) is 88.0 Å². The molecule has 0 radical (unpaired) electrons. The van der Waals surface area contributed by atoms with Crippen molar-refractivity contribution in [3.8, 4) is 0 Å². The summed E-state index contributed by atoms with van der Waals surface area (Å²) >= 11 is 0. The zero-order valence-electron chi connectivity index (χ0n) is 20.6.